The molecule has 0 amide bonds. The van der Waals surface area contributed by atoms with E-state index in [1.165, 1.54) is 58.2 Å². The molecule has 2 N–H and O–H groups in total. The largest absolute Gasteiger partial charge is 0.378 e. The number of nitrogens with one attached hydrogen (secondary N) is 2. The normalized spacial score (nSPS) is 30.0. The van der Waals surface area contributed by atoms with Gasteiger partial charge in [0, 0.05) is 43.7 Å². The molecule has 0 aromatic rings. The summed E-state index contributed by atoms with van der Waals surface area (Å²) in [4.78, 5) is 7.32. The van der Waals surface area contributed by atoms with Gasteiger partial charge in [-0.1, -0.05) is 13.3 Å². The van der Waals surface area contributed by atoms with Gasteiger partial charge >= 0.3 is 0 Å². The number of hydrogen-bond acceptors (Lipinski definition) is 3. The first-order chi connectivity index (χ1) is 12.2. The Balaban J connectivity index is 1.50. The highest BCUT2D eigenvalue weighted by Gasteiger charge is 2.59. The Labute approximate surface area is 154 Å². The summed E-state index contributed by atoms with van der Waals surface area (Å²) in [6.45, 7) is 11.8. The lowest BCUT2D eigenvalue weighted by Gasteiger charge is -2.61. The van der Waals surface area contributed by atoms with Crippen LogP contribution in [0.4, 0.5) is 0 Å². The SMILES string of the molecule is CCCN1CCC(NC(=NCC)NC2CC(OCC)C23CCC3)CC1. The number of nitrogens with zero attached hydrogens (tertiary/aromatic N) is 2. The molecular formula is C20H38N4O. The third-order valence-electron chi connectivity index (χ3n) is 6.53. The zero-order valence-corrected chi connectivity index (χ0v) is 16.5. The van der Waals surface area contributed by atoms with Gasteiger partial charge < -0.3 is 20.3 Å². The minimum absolute atomic E-state index is 0.386. The van der Waals surface area contributed by atoms with Crippen LogP contribution in [0.2, 0.25) is 0 Å². The first-order valence-corrected chi connectivity index (χ1v) is 10.6. The molecule has 1 aliphatic heterocycles. The second kappa shape index (κ2) is 8.72. The fraction of sp³-hybridized carbons (Fsp3) is 0.950. The van der Waals surface area contributed by atoms with E-state index in [4.69, 9.17) is 9.73 Å². The van der Waals surface area contributed by atoms with E-state index >= 15 is 0 Å². The van der Waals surface area contributed by atoms with Crippen LogP contribution in [0.1, 0.15) is 65.7 Å². The molecule has 5 nitrogen and oxygen atoms in total. The van der Waals surface area contributed by atoms with Gasteiger partial charge in [-0.05, 0) is 58.9 Å². The van der Waals surface area contributed by atoms with Crippen LogP contribution in [-0.4, -0.2) is 61.8 Å². The standard InChI is InChI=1S/C20H38N4O/c1-4-12-24-13-8-16(9-14-24)22-19(21-5-2)23-17-15-18(25-6-3)20(17)10-7-11-20/h16-18H,4-15H2,1-3H3,(H2,21,22,23). The predicted molar refractivity (Wildman–Crippen MR) is 104 cm³/mol. The molecule has 5 heteroatoms. The van der Waals surface area contributed by atoms with E-state index in [1.54, 1.807) is 0 Å². The van der Waals surface area contributed by atoms with E-state index in [-0.39, 0.29) is 0 Å². The Morgan fingerprint density at radius 3 is 2.48 bits per heavy atom. The van der Waals surface area contributed by atoms with Crippen LogP contribution < -0.4 is 10.6 Å². The molecule has 2 aliphatic carbocycles. The van der Waals surface area contributed by atoms with E-state index in [9.17, 15) is 0 Å². The van der Waals surface area contributed by atoms with Crippen LogP contribution in [0.15, 0.2) is 4.99 Å². The van der Waals surface area contributed by atoms with Gasteiger partial charge in [0.15, 0.2) is 5.96 Å². The van der Waals surface area contributed by atoms with Crippen LogP contribution in [0, 0.1) is 5.41 Å². The lowest BCUT2D eigenvalue weighted by atomic mass is 9.51. The van der Waals surface area contributed by atoms with Crippen molar-refractivity contribution in [2.24, 2.45) is 10.4 Å². The number of hydrogen-bond donors (Lipinski definition) is 2. The van der Waals surface area contributed by atoms with Crippen molar-refractivity contribution >= 4 is 5.96 Å². The fourth-order valence-corrected chi connectivity index (χ4v) is 4.91. The lowest BCUT2D eigenvalue weighted by molar-refractivity contribution is -0.168. The van der Waals surface area contributed by atoms with Crippen LogP contribution in [0.25, 0.3) is 0 Å². The van der Waals surface area contributed by atoms with Gasteiger partial charge in [0.1, 0.15) is 0 Å². The van der Waals surface area contributed by atoms with Crippen molar-refractivity contribution < 1.29 is 4.74 Å². The molecule has 25 heavy (non-hydrogen) atoms. The molecule has 3 aliphatic rings. The quantitative estimate of drug-likeness (QED) is 0.547. The molecule has 1 heterocycles. The van der Waals surface area contributed by atoms with Crippen molar-refractivity contribution in [2.45, 2.75) is 83.9 Å². The summed E-state index contributed by atoms with van der Waals surface area (Å²) in [5, 5.41) is 7.49. The molecule has 0 aromatic carbocycles. The Morgan fingerprint density at radius 1 is 1.16 bits per heavy atom. The summed E-state index contributed by atoms with van der Waals surface area (Å²) >= 11 is 0. The van der Waals surface area contributed by atoms with Crippen molar-refractivity contribution in [1.82, 2.24) is 15.5 Å². The van der Waals surface area contributed by atoms with Crippen LogP contribution >= 0.6 is 0 Å². The van der Waals surface area contributed by atoms with Crippen LogP contribution in [0.5, 0.6) is 0 Å². The van der Waals surface area contributed by atoms with Crippen molar-refractivity contribution in [3.05, 3.63) is 0 Å². The molecule has 0 radical (unpaired) electrons. The van der Waals surface area contributed by atoms with Gasteiger partial charge in [-0.3, -0.25) is 4.99 Å². The average molecular weight is 351 g/mol. The topological polar surface area (TPSA) is 48.9 Å². The van der Waals surface area contributed by atoms with Crippen molar-refractivity contribution in [3.8, 4) is 0 Å². The van der Waals surface area contributed by atoms with Gasteiger partial charge in [-0.25, -0.2) is 0 Å². The summed E-state index contributed by atoms with van der Waals surface area (Å²) in [6, 6.07) is 1.10. The zero-order chi connectivity index (χ0) is 17.7. The highest BCUT2D eigenvalue weighted by Crippen LogP contribution is 2.57. The molecule has 144 valence electrons. The molecular weight excluding hydrogens is 312 g/mol. The highest BCUT2D eigenvalue weighted by atomic mass is 16.5. The van der Waals surface area contributed by atoms with Gasteiger partial charge in [0.05, 0.1) is 6.10 Å². The monoisotopic (exact) mass is 350 g/mol. The number of piperidine rings is 1. The molecule has 2 atom stereocenters. The number of rotatable bonds is 7. The van der Waals surface area contributed by atoms with Crippen LogP contribution in [-0.2, 0) is 4.74 Å². The summed E-state index contributed by atoms with van der Waals surface area (Å²) in [5.74, 6) is 1.03. The van der Waals surface area contributed by atoms with Crippen molar-refractivity contribution in [3.63, 3.8) is 0 Å². The summed E-state index contributed by atoms with van der Waals surface area (Å²) in [6.07, 6.45) is 9.27. The maximum atomic E-state index is 5.99. The summed E-state index contributed by atoms with van der Waals surface area (Å²) in [7, 11) is 0. The Bertz CT molecular complexity index is 441. The maximum Gasteiger partial charge on any atom is 0.191 e. The molecule has 1 saturated heterocycles. The molecule has 3 fully saturated rings. The van der Waals surface area contributed by atoms with Crippen molar-refractivity contribution in [2.75, 3.05) is 32.8 Å². The Hall–Kier alpha value is -0.810. The second-order valence-corrected chi connectivity index (χ2v) is 8.05. The van der Waals surface area contributed by atoms with E-state index in [0.717, 1.165) is 25.5 Å². The van der Waals surface area contributed by atoms with Gasteiger partial charge in [0.25, 0.3) is 0 Å². The smallest absolute Gasteiger partial charge is 0.191 e. The molecule has 0 aromatic heterocycles. The fourth-order valence-electron chi connectivity index (χ4n) is 4.91. The number of guanidine groups is 1. The highest BCUT2D eigenvalue weighted by molar-refractivity contribution is 5.80. The van der Waals surface area contributed by atoms with E-state index in [2.05, 4.69) is 36.3 Å². The van der Waals surface area contributed by atoms with Gasteiger partial charge in [0.2, 0.25) is 0 Å². The number of ether oxygens (including phenoxy) is 1. The van der Waals surface area contributed by atoms with E-state index < -0.39 is 0 Å². The maximum absolute atomic E-state index is 5.99. The molecule has 0 bridgehead atoms. The number of likely N-dealkylation sites (tertiary alicyclic amines) is 1. The molecule has 2 unspecified atom stereocenters. The Morgan fingerprint density at radius 2 is 1.92 bits per heavy atom. The first kappa shape index (κ1) is 19.0. The summed E-state index contributed by atoms with van der Waals surface area (Å²) < 4.78 is 5.99. The third kappa shape index (κ3) is 4.13. The predicted octanol–water partition coefficient (Wildman–Crippen LogP) is 2.76. The average Bonchev–Trinajstić information content (AvgIpc) is 2.54. The van der Waals surface area contributed by atoms with E-state index in [1.807, 2.05) is 0 Å². The molecule has 2 saturated carbocycles. The summed E-state index contributed by atoms with van der Waals surface area (Å²) in [5.41, 5.74) is 0.386. The van der Waals surface area contributed by atoms with Crippen LogP contribution in [0.3, 0.4) is 0 Å². The molecule has 1 spiro atoms. The Kier molecular flexibility index (Phi) is 6.61. The lowest BCUT2D eigenvalue weighted by Crippen LogP contribution is -2.69. The molecule has 3 rings (SSSR count). The number of aliphatic imine (C=N–C) groups is 1. The third-order valence-corrected chi connectivity index (χ3v) is 6.53. The first-order valence-electron chi connectivity index (χ1n) is 10.6. The van der Waals surface area contributed by atoms with E-state index in [0.29, 0.717) is 23.6 Å². The van der Waals surface area contributed by atoms with Crippen molar-refractivity contribution in [1.29, 1.82) is 0 Å². The van der Waals surface area contributed by atoms with Gasteiger partial charge in [-0.2, -0.15) is 0 Å². The zero-order valence-electron chi connectivity index (χ0n) is 16.5. The van der Waals surface area contributed by atoms with Gasteiger partial charge in [-0.15, -0.1) is 0 Å². The minimum Gasteiger partial charge on any atom is -0.378 e. The second-order valence-electron chi connectivity index (χ2n) is 8.05. The minimum atomic E-state index is 0.386.